The average Bonchev–Trinajstić information content (AvgIpc) is 3.49. The highest BCUT2D eigenvalue weighted by Crippen LogP contribution is 2.17. The number of hydrogen-bond acceptors (Lipinski definition) is 10. The number of amides is 1. The van der Waals surface area contributed by atoms with Gasteiger partial charge in [-0.25, -0.2) is 10.1 Å². The number of hydrogen-bond donors (Lipinski definition) is 3. The van der Waals surface area contributed by atoms with Crippen molar-refractivity contribution in [1.82, 2.24) is 30.7 Å². The molecule has 1 atom stereocenters. The number of nitrogens with two attached hydrogens (primary N) is 1. The van der Waals surface area contributed by atoms with Crippen LogP contribution in [0.4, 0.5) is 11.5 Å². The quantitative estimate of drug-likeness (QED) is 0.183. The molecule has 14 nitrogen and oxygen atoms in total. The molecule has 5 rings (SSSR count). The average molecular weight is 489 g/mol. The van der Waals surface area contributed by atoms with E-state index < -0.39 is 10.8 Å². The highest BCUT2D eigenvalue weighted by molar-refractivity contribution is 5.94. The van der Waals surface area contributed by atoms with Gasteiger partial charge in [0.05, 0.1) is 17.7 Å². The molecule has 3 heterocycles. The second-order valence-electron chi connectivity index (χ2n) is 8.19. The van der Waals surface area contributed by atoms with Crippen LogP contribution in [0.25, 0.3) is 5.82 Å². The Kier molecular flexibility index (Phi) is 6.15. The third-order valence-corrected chi connectivity index (χ3v) is 5.88. The summed E-state index contributed by atoms with van der Waals surface area (Å²) in [5.74, 6) is -0.424. The molecule has 1 aliphatic heterocycles. The predicted molar refractivity (Wildman–Crippen MR) is 125 cm³/mol. The molecule has 2 aromatic heterocycles. The SMILES string of the molecule is Nc1nonc1-n1nnc(C(=O)NN=Cc2ccc([N+](=O)[O-])cc2)c1C[NH+]1CCc2ccccc2C1. The van der Waals surface area contributed by atoms with Crippen molar-refractivity contribution in [2.75, 3.05) is 12.3 Å². The number of nitro groups is 1. The number of aromatic nitrogens is 5. The first-order chi connectivity index (χ1) is 17.5. The van der Waals surface area contributed by atoms with Gasteiger partial charge in [-0.15, -0.1) is 5.10 Å². The van der Waals surface area contributed by atoms with Gasteiger partial charge in [-0.1, -0.05) is 29.5 Å². The van der Waals surface area contributed by atoms with Crippen molar-refractivity contribution in [2.24, 2.45) is 5.10 Å². The lowest BCUT2D eigenvalue weighted by Crippen LogP contribution is -3.10. The summed E-state index contributed by atoms with van der Waals surface area (Å²) in [4.78, 5) is 24.5. The zero-order valence-corrected chi connectivity index (χ0v) is 18.9. The molecule has 182 valence electrons. The summed E-state index contributed by atoms with van der Waals surface area (Å²) in [6.07, 6.45) is 2.28. The van der Waals surface area contributed by atoms with Crippen LogP contribution < -0.4 is 16.1 Å². The van der Waals surface area contributed by atoms with Crippen LogP contribution in [0.15, 0.2) is 58.3 Å². The molecular weight excluding hydrogens is 468 g/mol. The minimum atomic E-state index is -0.582. The van der Waals surface area contributed by atoms with Gasteiger partial charge in [-0.3, -0.25) is 14.9 Å². The van der Waals surface area contributed by atoms with Crippen molar-refractivity contribution in [2.45, 2.75) is 19.5 Å². The first-order valence-electron chi connectivity index (χ1n) is 11.0. The summed E-state index contributed by atoms with van der Waals surface area (Å²) in [6, 6.07) is 14.0. The Morgan fingerprint density at radius 1 is 1.22 bits per heavy atom. The number of carbonyl (C=O) groups is 1. The van der Waals surface area contributed by atoms with Gasteiger partial charge in [0.2, 0.25) is 11.6 Å². The van der Waals surface area contributed by atoms with Gasteiger partial charge in [0.25, 0.3) is 11.6 Å². The topological polar surface area (TPSA) is 185 Å². The molecule has 14 heteroatoms. The minimum Gasteiger partial charge on any atom is -0.378 e. The monoisotopic (exact) mass is 489 g/mol. The molecular formula is C22H21N10O4+. The standard InChI is InChI=1S/C22H20N10O4/c23-20-21(28-36-27-20)31-18(13-30-10-9-15-3-1-2-4-16(15)12-30)19(25-29-31)22(33)26-24-11-14-5-7-17(8-6-14)32(34)35/h1-8,11H,9-10,12-13H2,(H2,23,27)(H,26,33)/p+1. The Morgan fingerprint density at radius 3 is 2.72 bits per heavy atom. The van der Waals surface area contributed by atoms with Crippen molar-refractivity contribution in [1.29, 1.82) is 0 Å². The fourth-order valence-electron chi connectivity index (χ4n) is 4.08. The maximum Gasteiger partial charge on any atom is 0.294 e. The van der Waals surface area contributed by atoms with Gasteiger partial charge < -0.3 is 10.6 Å². The Labute approximate surface area is 203 Å². The van der Waals surface area contributed by atoms with E-state index in [2.05, 4.69) is 43.3 Å². The number of carbonyl (C=O) groups excluding carboxylic acids is 1. The fourth-order valence-corrected chi connectivity index (χ4v) is 4.08. The third-order valence-electron chi connectivity index (χ3n) is 5.88. The molecule has 1 aliphatic rings. The summed E-state index contributed by atoms with van der Waals surface area (Å²) in [5, 5.41) is 30.3. The number of nitrogens with zero attached hydrogens (tertiary/aromatic N) is 7. The number of quaternary nitrogens is 1. The molecule has 2 aromatic carbocycles. The van der Waals surface area contributed by atoms with Gasteiger partial charge in [-0.05, 0) is 33.6 Å². The van der Waals surface area contributed by atoms with E-state index in [-0.39, 0.29) is 23.0 Å². The van der Waals surface area contributed by atoms with Crippen LogP contribution in [0.1, 0.15) is 32.9 Å². The van der Waals surface area contributed by atoms with Crippen molar-refractivity contribution in [3.8, 4) is 5.82 Å². The molecule has 0 saturated carbocycles. The lowest BCUT2D eigenvalue weighted by atomic mass is 10.00. The molecule has 0 spiro atoms. The van der Waals surface area contributed by atoms with Gasteiger partial charge in [0.15, 0.2) is 5.69 Å². The van der Waals surface area contributed by atoms with Crippen molar-refractivity contribution < 1.29 is 19.2 Å². The normalized spacial score (nSPS) is 15.1. The lowest BCUT2D eigenvalue weighted by Gasteiger charge is -2.25. The Hall–Kier alpha value is -4.98. The van der Waals surface area contributed by atoms with Crippen molar-refractivity contribution in [3.63, 3.8) is 0 Å². The van der Waals surface area contributed by atoms with E-state index in [1.54, 1.807) is 0 Å². The summed E-state index contributed by atoms with van der Waals surface area (Å²) >= 11 is 0. The Bertz CT molecular complexity index is 1440. The minimum absolute atomic E-state index is 0.0169. The van der Waals surface area contributed by atoms with Crippen LogP contribution in [0.5, 0.6) is 0 Å². The third kappa shape index (κ3) is 4.65. The van der Waals surface area contributed by atoms with Crippen molar-refractivity contribution in [3.05, 3.63) is 86.7 Å². The first kappa shape index (κ1) is 22.8. The van der Waals surface area contributed by atoms with Crippen LogP contribution in [0.3, 0.4) is 0 Å². The van der Waals surface area contributed by atoms with Gasteiger partial charge in [-0.2, -0.15) is 9.78 Å². The van der Waals surface area contributed by atoms with Crippen LogP contribution in [0.2, 0.25) is 0 Å². The van der Waals surface area contributed by atoms with Crippen LogP contribution >= 0.6 is 0 Å². The first-order valence-corrected chi connectivity index (χ1v) is 11.0. The molecule has 0 bridgehead atoms. The predicted octanol–water partition coefficient (Wildman–Crippen LogP) is 0.0458. The molecule has 0 saturated heterocycles. The highest BCUT2D eigenvalue weighted by Gasteiger charge is 2.29. The van der Waals surface area contributed by atoms with Gasteiger partial charge in [0, 0.05) is 24.1 Å². The van der Waals surface area contributed by atoms with E-state index in [4.69, 9.17) is 10.4 Å². The van der Waals surface area contributed by atoms with Crippen molar-refractivity contribution >= 4 is 23.6 Å². The maximum absolute atomic E-state index is 13.0. The van der Waals surface area contributed by atoms with E-state index in [0.29, 0.717) is 17.8 Å². The van der Waals surface area contributed by atoms with Crippen LogP contribution in [0, 0.1) is 10.1 Å². The smallest absolute Gasteiger partial charge is 0.294 e. The summed E-state index contributed by atoms with van der Waals surface area (Å²) in [7, 11) is 0. The number of fused-ring (bicyclic) bond motifs is 1. The van der Waals surface area contributed by atoms with Crippen LogP contribution in [-0.4, -0.2) is 48.9 Å². The number of nitrogen functional groups attached to an aromatic ring is 1. The Morgan fingerprint density at radius 2 is 2.00 bits per heavy atom. The second-order valence-corrected chi connectivity index (χ2v) is 8.19. The maximum atomic E-state index is 13.0. The number of hydrazone groups is 1. The second kappa shape index (κ2) is 9.71. The van der Waals surface area contributed by atoms with Crippen LogP contribution in [-0.2, 0) is 19.5 Å². The zero-order valence-electron chi connectivity index (χ0n) is 18.9. The summed E-state index contributed by atoms with van der Waals surface area (Å²) < 4.78 is 6.07. The van der Waals surface area contributed by atoms with E-state index in [9.17, 15) is 14.9 Å². The number of rotatable bonds is 7. The largest absolute Gasteiger partial charge is 0.378 e. The van der Waals surface area contributed by atoms with Gasteiger partial charge >= 0.3 is 0 Å². The molecule has 4 aromatic rings. The molecule has 4 N–H and O–H groups in total. The molecule has 1 unspecified atom stereocenters. The summed E-state index contributed by atoms with van der Waals surface area (Å²) in [5.41, 5.74) is 11.9. The van der Waals surface area contributed by atoms with Gasteiger partial charge in [0.1, 0.15) is 18.8 Å². The van der Waals surface area contributed by atoms with E-state index >= 15 is 0 Å². The summed E-state index contributed by atoms with van der Waals surface area (Å²) in [6.45, 7) is 2.05. The number of non-ortho nitro benzene ring substituents is 1. The fraction of sp³-hybridized carbons (Fsp3) is 0.182. The molecule has 0 aliphatic carbocycles. The molecule has 0 radical (unpaired) electrons. The Balaban J connectivity index is 1.37. The number of benzene rings is 2. The highest BCUT2D eigenvalue weighted by atomic mass is 16.6. The molecule has 36 heavy (non-hydrogen) atoms. The lowest BCUT2D eigenvalue weighted by molar-refractivity contribution is -0.929. The zero-order chi connectivity index (χ0) is 25.1. The number of nitro benzene ring substituents is 1. The molecule has 1 amide bonds. The van der Waals surface area contributed by atoms with E-state index in [0.717, 1.165) is 19.5 Å². The van der Waals surface area contributed by atoms with E-state index in [1.165, 1.54) is 51.2 Å². The number of nitrogens with one attached hydrogen (secondary N) is 2. The number of anilines is 1. The molecule has 0 fully saturated rings. The van der Waals surface area contributed by atoms with E-state index in [1.807, 2.05) is 12.1 Å².